The standard InChI is InChI=1S/2C12H19Si.C10H15.2ClH.Zr/c2*1-11(10-13(2,3)4)9-12-7-5-6-8-12;1-7-6-10(4,5)9(3)8(7)2;;;/h2*5,7H,1,6,9-10H2,2-4H3;1-5H3;2*1H;. The minimum atomic E-state index is -2.39. The average molecular weight is 682 g/mol. The molecule has 0 saturated carbocycles. The fourth-order valence-electron chi connectivity index (χ4n) is 6.70. The van der Waals surface area contributed by atoms with Gasteiger partial charge < -0.3 is 0 Å². The van der Waals surface area contributed by atoms with Crippen molar-refractivity contribution in [3.8, 4) is 0 Å². The van der Waals surface area contributed by atoms with Gasteiger partial charge in [0.05, 0.1) is 0 Å². The molecule has 3 rings (SSSR count). The van der Waals surface area contributed by atoms with Crippen molar-refractivity contribution in [3.63, 3.8) is 0 Å². The van der Waals surface area contributed by atoms with E-state index in [-0.39, 0.29) is 30.2 Å². The molecule has 0 fully saturated rings. The molecule has 0 nitrogen and oxygen atoms in total. The normalized spacial score (nSPS) is 18.7. The van der Waals surface area contributed by atoms with E-state index in [2.05, 4.69) is 111 Å². The van der Waals surface area contributed by atoms with E-state index in [4.69, 9.17) is 0 Å². The second-order valence-corrected chi connectivity index (χ2v) is 31.8. The summed E-state index contributed by atoms with van der Waals surface area (Å²) in [5.74, 6) is 0. The Morgan fingerprint density at radius 2 is 1.13 bits per heavy atom. The van der Waals surface area contributed by atoms with E-state index in [1.807, 2.05) is 9.84 Å². The van der Waals surface area contributed by atoms with Crippen LogP contribution in [0.3, 0.4) is 0 Å². The van der Waals surface area contributed by atoms with E-state index in [9.17, 15) is 0 Å². The Balaban J connectivity index is 0.00000380. The quantitative estimate of drug-likeness (QED) is 0.150. The molecular formula is C34H55Cl2Si2Zr. The monoisotopic (exact) mass is 679 g/mol. The van der Waals surface area contributed by atoms with Gasteiger partial charge in [-0.2, -0.15) is 0 Å². The number of hydrogen-bond donors (Lipinski definition) is 0. The molecule has 0 atom stereocenters. The van der Waals surface area contributed by atoms with E-state index in [0.717, 1.165) is 25.7 Å². The Hall–Kier alpha value is -0.183. The van der Waals surface area contributed by atoms with Gasteiger partial charge in [-0.05, 0) is 0 Å². The van der Waals surface area contributed by atoms with Crippen molar-refractivity contribution in [3.05, 3.63) is 86.3 Å². The van der Waals surface area contributed by atoms with Crippen LogP contribution in [0.1, 0.15) is 60.3 Å². The zero-order valence-electron chi connectivity index (χ0n) is 26.8. The van der Waals surface area contributed by atoms with E-state index < -0.39 is 37.9 Å². The van der Waals surface area contributed by atoms with Crippen LogP contribution in [0.5, 0.6) is 0 Å². The fraction of sp³-hybridized carbons (Fsp3) is 0.529. The van der Waals surface area contributed by atoms with E-state index in [0.29, 0.717) is 0 Å². The van der Waals surface area contributed by atoms with Crippen LogP contribution >= 0.6 is 24.8 Å². The van der Waals surface area contributed by atoms with Gasteiger partial charge in [-0.1, -0.05) is 0 Å². The summed E-state index contributed by atoms with van der Waals surface area (Å²) in [5, 5.41) is 0. The number of hydrogen-bond acceptors (Lipinski definition) is 0. The molecule has 0 aromatic carbocycles. The summed E-state index contributed by atoms with van der Waals surface area (Å²) in [6.07, 6.45) is 14.3. The number of rotatable bonds is 11. The molecule has 0 aromatic heterocycles. The van der Waals surface area contributed by atoms with Crippen LogP contribution in [0.4, 0.5) is 0 Å². The Bertz CT molecular complexity index is 1110. The third-order valence-electron chi connectivity index (χ3n) is 8.41. The Labute approximate surface area is 264 Å². The molecule has 0 amide bonds. The first kappa shape index (κ1) is 36.8. The molecule has 0 N–H and O–H groups in total. The smallest absolute Gasteiger partial charge is 0.147 e. The third kappa shape index (κ3) is 8.90. The Morgan fingerprint density at radius 1 is 0.744 bits per heavy atom. The van der Waals surface area contributed by atoms with Crippen LogP contribution in [0.25, 0.3) is 0 Å². The van der Waals surface area contributed by atoms with Crippen LogP contribution < -0.4 is 0 Å². The van der Waals surface area contributed by atoms with E-state index in [1.165, 1.54) is 23.2 Å². The van der Waals surface area contributed by atoms with Crippen molar-refractivity contribution in [2.24, 2.45) is 5.41 Å². The van der Waals surface area contributed by atoms with Crippen molar-refractivity contribution in [2.45, 2.75) is 112 Å². The number of halogens is 2. The third-order valence-corrected chi connectivity index (χ3v) is 20.8. The molecule has 0 radical (unpaired) electrons. The molecule has 0 aliphatic heterocycles. The van der Waals surface area contributed by atoms with Crippen LogP contribution in [0.2, 0.25) is 51.4 Å². The predicted octanol–water partition coefficient (Wildman–Crippen LogP) is 12.1. The molecule has 39 heavy (non-hydrogen) atoms. The molecule has 3 aliphatic carbocycles. The molecule has 0 bridgehead atoms. The Kier molecular flexibility index (Phi) is 13.1. The van der Waals surface area contributed by atoms with Crippen LogP contribution in [0, 0.1) is 5.41 Å². The topological polar surface area (TPSA) is 0 Å². The van der Waals surface area contributed by atoms with Gasteiger partial charge in [-0.25, -0.2) is 0 Å². The molecule has 217 valence electrons. The SMILES string of the molecule is C=C(CC1=[C]([Zr]([C]2=C(CC(=C)C[Si](C)(C)C)C=CC2)[C]2=C(C)C(C)=C(C)C2(C)C)CC=C1)C[Si](C)(C)C.Cl.Cl. The molecule has 0 spiro atoms. The first-order chi connectivity index (χ1) is 16.9. The first-order valence-electron chi connectivity index (χ1n) is 14.3. The maximum Gasteiger partial charge on any atom is -0.147 e. The minimum absolute atomic E-state index is 0. The zero-order valence-corrected chi connectivity index (χ0v) is 32.9. The number of allylic oxidation sites excluding steroid dienone is 14. The second kappa shape index (κ2) is 13.9. The van der Waals surface area contributed by atoms with Gasteiger partial charge in [0.15, 0.2) is 0 Å². The Morgan fingerprint density at radius 3 is 1.44 bits per heavy atom. The van der Waals surface area contributed by atoms with Crippen molar-refractivity contribution in [1.82, 2.24) is 0 Å². The zero-order chi connectivity index (χ0) is 27.9. The maximum atomic E-state index is 4.58. The molecule has 5 heteroatoms. The van der Waals surface area contributed by atoms with Gasteiger partial charge in [-0.15, -0.1) is 24.8 Å². The summed E-state index contributed by atoms with van der Waals surface area (Å²) >= 11 is -2.39. The molecule has 3 aliphatic rings. The van der Waals surface area contributed by atoms with Crippen molar-refractivity contribution < 1.29 is 21.8 Å². The van der Waals surface area contributed by atoms with Crippen molar-refractivity contribution in [1.29, 1.82) is 0 Å². The van der Waals surface area contributed by atoms with Crippen LogP contribution in [0.15, 0.2) is 86.3 Å². The van der Waals surface area contributed by atoms with Gasteiger partial charge in [-0.3, -0.25) is 0 Å². The van der Waals surface area contributed by atoms with E-state index in [1.54, 1.807) is 27.9 Å². The van der Waals surface area contributed by atoms with Crippen molar-refractivity contribution >= 4 is 41.0 Å². The average Bonchev–Trinajstić information content (AvgIpc) is 3.39. The molecule has 0 aromatic rings. The minimum Gasteiger partial charge on any atom is -0.147 e. The first-order valence-corrected chi connectivity index (χ1v) is 25.4. The van der Waals surface area contributed by atoms with Gasteiger partial charge >= 0.3 is 241 Å². The summed E-state index contributed by atoms with van der Waals surface area (Å²) in [7, 11) is -2.33. The van der Waals surface area contributed by atoms with Gasteiger partial charge in [0.2, 0.25) is 0 Å². The summed E-state index contributed by atoms with van der Waals surface area (Å²) < 4.78 is 5.50. The van der Waals surface area contributed by atoms with Gasteiger partial charge in [0.25, 0.3) is 0 Å². The summed E-state index contributed by atoms with van der Waals surface area (Å²) in [4.78, 5) is 0. The van der Waals surface area contributed by atoms with E-state index >= 15 is 0 Å². The summed E-state index contributed by atoms with van der Waals surface area (Å²) in [6, 6.07) is 2.46. The fourth-order valence-corrected chi connectivity index (χ4v) is 19.7. The van der Waals surface area contributed by atoms with Crippen LogP contribution in [-0.4, -0.2) is 16.1 Å². The molecule has 0 heterocycles. The molecule has 0 saturated heterocycles. The second-order valence-electron chi connectivity index (χ2n) is 14.8. The summed E-state index contributed by atoms with van der Waals surface area (Å²) in [5.41, 5.74) is 11.0. The van der Waals surface area contributed by atoms with Gasteiger partial charge in [0, 0.05) is 0 Å². The molecular weight excluding hydrogens is 627 g/mol. The maximum absolute atomic E-state index is 4.58. The predicted molar refractivity (Wildman–Crippen MR) is 185 cm³/mol. The van der Waals surface area contributed by atoms with Crippen LogP contribution in [-0.2, 0) is 21.8 Å². The summed E-state index contributed by atoms with van der Waals surface area (Å²) in [6.45, 7) is 36.2. The molecule has 0 unspecified atom stereocenters. The van der Waals surface area contributed by atoms with Crippen molar-refractivity contribution in [2.75, 3.05) is 0 Å². The van der Waals surface area contributed by atoms with Gasteiger partial charge in [0.1, 0.15) is 0 Å². The largest absolute Gasteiger partial charge is 0.147 e.